The van der Waals surface area contributed by atoms with E-state index in [1.165, 1.54) is 12.1 Å². The fourth-order valence-corrected chi connectivity index (χ4v) is 2.99. The first kappa shape index (κ1) is 18.0. The fraction of sp³-hybridized carbons (Fsp3) is 0.588. The van der Waals surface area contributed by atoms with Crippen LogP contribution in [0.2, 0.25) is 0 Å². The number of piperazine rings is 1. The Morgan fingerprint density at radius 3 is 2.08 bits per heavy atom. The lowest BCUT2D eigenvalue weighted by molar-refractivity contribution is -0.384. The molecular formula is C17H25N3O4. The van der Waals surface area contributed by atoms with Crippen LogP contribution in [0.3, 0.4) is 0 Å². The van der Waals surface area contributed by atoms with Gasteiger partial charge in [-0.3, -0.25) is 15.0 Å². The smallest absolute Gasteiger partial charge is 0.410 e. The number of hydrogen-bond donors (Lipinski definition) is 0. The zero-order valence-corrected chi connectivity index (χ0v) is 14.9. The third-order valence-electron chi connectivity index (χ3n) is 3.95. The average molecular weight is 335 g/mol. The zero-order chi connectivity index (χ0) is 18.1. The van der Waals surface area contributed by atoms with Crippen molar-refractivity contribution < 1.29 is 14.5 Å². The maximum absolute atomic E-state index is 12.4. The van der Waals surface area contributed by atoms with Crippen LogP contribution < -0.4 is 4.90 Å². The molecule has 132 valence electrons. The fourth-order valence-electron chi connectivity index (χ4n) is 2.99. The average Bonchev–Trinajstić information content (AvgIpc) is 2.44. The van der Waals surface area contributed by atoms with Crippen molar-refractivity contribution in [3.63, 3.8) is 0 Å². The van der Waals surface area contributed by atoms with Crippen molar-refractivity contribution in [2.75, 3.05) is 18.0 Å². The molecule has 7 nitrogen and oxygen atoms in total. The van der Waals surface area contributed by atoms with Crippen LogP contribution in [0.15, 0.2) is 24.3 Å². The molecule has 24 heavy (non-hydrogen) atoms. The molecule has 1 amide bonds. The minimum Gasteiger partial charge on any atom is -0.444 e. The molecule has 0 bridgehead atoms. The number of hydrogen-bond acceptors (Lipinski definition) is 5. The topological polar surface area (TPSA) is 75.9 Å². The first-order valence-electron chi connectivity index (χ1n) is 8.09. The normalized spacial score (nSPS) is 21.5. The van der Waals surface area contributed by atoms with Crippen molar-refractivity contribution in [2.45, 2.75) is 52.3 Å². The minimum absolute atomic E-state index is 0.0150. The third-order valence-corrected chi connectivity index (χ3v) is 3.95. The van der Waals surface area contributed by atoms with Gasteiger partial charge in [-0.1, -0.05) is 0 Å². The van der Waals surface area contributed by atoms with Crippen LogP contribution in [0.1, 0.15) is 34.6 Å². The molecule has 0 unspecified atom stereocenters. The standard InChI is InChI=1S/C17H25N3O4/c1-12-10-18(14-6-8-15(9-7-14)20(22)23)11-13(2)19(12)16(21)24-17(3,4)5/h6-9,12-13H,10-11H2,1-5H3/t12-,13+. The number of nitrogens with zero attached hydrogens (tertiary/aromatic N) is 3. The van der Waals surface area contributed by atoms with E-state index in [1.807, 2.05) is 34.6 Å². The molecule has 0 aromatic heterocycles. The van der Waals surface area contributed by atoms with Gasteiger partial charge in [0.2, 0.25) is 0 Å². The van der Waals surface area contributed by atoms with Crippen LogP contribution >= 0.6 is 0 Å². The Morgan fingerprint density at radius 1 is 1.17 bits per heavy atom. The Hall–Kier alpha value is -2.31. The summed E-state index contributed by atoms with van der Waals surface area (Å²) in [6.07, 6.45) is -0.300. The summed E-state index contributed by atoms with van der Waals surface area (Å²) in [6, 6.07) is 6.48. The van der Waals surface area contributed by atoms with Crippen LogP contribution in [-0.4, -0.2) is 46.7 Å². The van der Waals surface area contributed by atoms with Crippen molar-refractivity contribution in [3.05, 3.63) is 34.4 Å². The van der Waals surface area contributed by atoms with Gasteiger partial charge in [0.1, 0.15) is 5.60 Å². The number of carbonyl (C=O) groups is 1. The van der Waals surface area contributed by atoms with Crippen LogP contribution in [0, 0.1) is 10.1 Å². The number of nitro groups is 1. The van der Waals surface area contributed by atoms with E-state index >= 15 is 0 Å². The summed E-state index contributed by atoms with van der Waals surface area (Å²) in [7, 11) is 0. The molecule has 0 radical (unpaired) electrons. The van der Waals surface area contributed by atoms with Gasteiger partial charge in [-0.05, 0) is 46.8 Å². The number of nitro benzene ring substituents is 1. The molecule has 7 heteroatoms. The van der Waals surface area contributed by atoms with Gasteiger partial charge in [-0.2, -0.15) is 0 Å². The van der Waals surface area contributed by atoms with Gasteiger partial charge in [0.25, 0.3) is 5.69 Å². The van der Waals surface area contributed by atoms with Crippen molar-refractivity contribution in [1.82, 2.24) is 4.90 Å². The van der Waals surface area contributed by atoms with Gasteiger partial charge in [-0.15, -0.1) is 0 Å². The van der Waals surface area contributed by atoms with E-state index in [0.29, 0.717) is 13.1 Å². The van der Waals surface area contributed by atoms with Gasteiger partial charge in [0, 0.05) is 30.9 Å². The van der Waals surface area contributed by atoms with E-state index in [4.69, 9.17) is 4.74 Å². The Kier molecular flexibility index (Phi) is 5.01. The highest BCUT2D eigenvalue weighted by Crippen LogP contribution is 2.26. The highest BCUT2D eigenvalue weighted by molar-refractivity contribution is 5.69. The first-order valence-corrected chi connectivity index (χ1v) is 8.09. The van der Waals surface area contributed by atoms with Crippen LogP contribution in [-0.2, 0) is 4.74 Å². The predicted molar refractivity (Wildman–Crippen MR) is 92.3 cm³/mol. The Morgan fingerprint density at radius 2 is 1.67 bits per heavy atom. The molecule has 1 fully saturated rings. The van der Waals surface area contributed by atoms with Crippen LogP contribution in [0.5, 0.6) is 0 Å². The van der Waals surface area contributed by atoms with Gasteiger partial charge in [0.15, 0.2) is 0 Å². The summed E-state index contributed by atoms with van der Waals surface area (Å²) in [5, 5.41) is 10.8. The molecule has 0 N–H and O–H groups in total. The zero-order valence-electron chi connectivity index (χ0n) is 14.9. The number of ether oxygens (including phenoxy) is 1. The van der Waals surface area contributed by atoms with E-state index in [2.05, 4.69) is 4.90 Å². The molecule has 1 aliphatic heterocycles. The van der Waals surface area contributed by atoms with Crippen molar-refractivity contribution in [1.29, 1.82) is 0 Å². The second kappa shape index (κ2) is 6.67. The molecule has 1 aliphatic rings. The molecular weight excluding hydrogens is 310 g/mol. The van der Waals surface area contributed by atoms with Gasteiger partial charge in [0.05, 0.1) is 17.0 Å². The molecule has 1 aromatic rings. The monoisotopic (exact) mass is 335 g/mol. The molecule has 1 heterocycles. The van der Waals surface area contributed by atoms with E-state index in [-0.39, 0.29) is 23.9 Å². The highest BCUT2D eigenvalue weighted by atomic mass is 16.6. The number of rotatable bonds is 2. The van der Waals surface area contributed by atoms with Crippen LogP contribution in [0.4, 0.5) is 16.2 Å². The maximum atomic E-state index is 12.4. The molecule has 0 saturated carbocycles. The lowest BCUT2D eigenvalue weighted by atomic mass is 10.1. The number of anilines is 1. The minimum atomic E-state index is -0.522. The molecule has 1 aromatic carbocycles. The summed E-state index contributed by atoms with van der Waals surface area (Å²) in [4.78, 5) is 26.7. The number of amides is 1. The van der Waals surface area contributed by atoms with Gasteiger partial charge < -0.3 is 9.64 Å². The number of benzene rings is 1. The predicted octanol–water partition coefficient (Wildman–Crippen LogP) is 3.43. The Balaban J connectivity index is 2.09. The Bertz CT molecular complexity index is 597. The summed E-state index contributed by atoms with van der Waals surface area (Å²) < 4.78 is 5.49. The summed E-state index contributed by atoms with van der Waals surface area (Å²) in [5.74, 6) is 0. The van der Waals surface area contributed by atoms with E-state index in [9.17, 15) is 14.9 Å². The second-order valence-electron chi connectivity index (χ2n) is 7.26. The van der Waals surface area contributed by atoms with Crippen molar-refractivity contribution >= 4 is 17.5 Å². The molecule has 2 rings (SSSR count). The van der Waals surface area contributed by atoms with Crippen molar-refractivity contribution in [3.8, 4) is 0 Å². The lowest BCUT2D eigenvalue weighted by Crippen LogP contribution is -2.59. The summed E-state index contributed by atoms with van der Waals surface area (Å²) in [6.45, 7) is 10.8. The largest absolute Gasteiger partial charge is 0.444 e. The number of carbonyl (C=O) groups excluding carboxylic acids is 1. The van der Waals surface area contributed by atoms with Gasteiger partial charge >= 0.3 is 6.09 Å². The van der Waals surface area contributed by atoms with Crippen LogP contribution in [0.25, 0.3) is 0 Å². The quantitative estimate of drug-likeness (QED) is 0.611. The SMILES string of the molecule is C[C@@H]1CN(c2ccc([N+](=O)[O-])cc2)C[C@H](C)N1C(=O)OC(C)(C)C. The highest BCUT2D eigenvalue weighted by Gasteiger charge is 2.35. The van der Waals surface area contributed by atoms with E-state index in [1.54, 1.807) is 17.0 Å². The second-order valence-corrected chi connectivity index (χ2v) is 7.26. The number of non-ortho nitro benzene ring substituents is 1. The van der Waals surface area contributed by atoms with Gasteiger partial charge in [-0.25, -0.2) is 4.79 Å². The summed E-state index contributed by atoms with van der Waals surface area (Å²) in [5.41, 5.74) is 0.474. The first-order chi connectivity index (χ1) is 11.1. The molecule has 0 spiro atoms. The van der Waals surface area contributed by atoms with E-state index < -0.39 is 10.5 Å². The van der Waals surface area contributed by atoms with E-state index in [0.717, 1.165) is 5.69 Å². The molecule has 1 saturated heterocycles. The third kappa shape index (κ3) is 4.15. The summed E-state index contributed by atoms with van der Waals surface area (Å²) >= 11 is 0. The Labute approximate surface area is 142 Å². The lowest BCUT2D eigenvalue weighted by Gasteiger charge is -2.45. The maximum Gasteiger partial charge on any atom is 0.410 e. The van der Waals surface area contributed by atoms with Crippen molar-refractivity contribution in [2.24, 2.45) is 0 Å². The molecule has 2 atom stereocenters. The molecule has 0 aliphatic carbocycles.